The van der Waals surface area contributed by atoms with Crippen LogP contribution in [0.3, 0.4) is 0 Å². The van der Waals surface area contributed by atoms with Gasteiger partial charge in [-0.05, 0) is 105 Å². The quantitative estimate of drug-likeness (QED) is 0.312. The van der Waals surface area contributed by atoms with Crippen molar-refractivity contribution in [3.8, 4) is 0 Å². The van der Waals surface area contributed by atoms with Gasteiger partial charge in [-0.2, -0.15) is 0 Å². The smallest absolute Gasteiger partial charge is 0.00930 e. The molecule has 0 spiro atoms. The molecule has 1 atom stereocenters. The van der Waals surface area contributed by atoms with Crippen LogP contribution in [0.4, 0.5) is 0 Å². The van der Waals surface area contributed by atoms with E-state index in [0.717, 1.165) is 6.42 Å². The molecule has 2 aromatic rings. The van der Waals surface area contributed by atoms with Gasteiger partial charge in [-0.3, -0.25) is 0 Å². The molecule has 0 aliphatic rings. The summed E-state index contributed by atoms with van der Waals surface area (Å²) in [5.41, 5.74) is 15.6. The van der Waals surface area contributed by atoms with Gasteiger partial charge in [0.2, 0.25) is 0 Å². The summed E-state index contributed by atoms with van der Waals surface area (Å²) >= 11 is 0. The normalized spacial score (nSPS) is 15.3. The maximum absolute atomic E-state index is 2.65. The van der Waals surface area contributed by atoms with E-state index in [1.807, 2.05) is 0 Å². The molecule has 0 saturated carbocycles. The third kappa shape index (κ3) is 8.61. The highest BCUT2D eigenvalue weighted by molar-refractivity contribution is 5.65. The van der Waals surface area contributed by atoms with Gasteiger partial charge in [-0.25, -0.2) is 0 Å². The molecule has 2 rings (SSSR count). The van der Waals surface area contributed by atoms with Crippen molar-refractivity contribution < 1.29 is 0 Å². The van der Waals surface area contributed by atoms with Gasteiger partial charge in [0.15, 0.2) is 0 Å². The number of rotatable bonds is 3. The van der Waals surface area contributed by atoms with Crippen molar-refractivity contribution in [3.05, 3.63) is 67.8 Å². The molecule has 0 aliphatic heterocycles. The number of hydrogen-bond acceptors (Lipinski definition) is 0. The molecule has 0 bridgehead atoms. The second-order valence-corrected chi connectivity index (χ2v) is 23.2. The minimum atomic E-state index is -0.0349. The Hall–Kier alpha value is -1.56. The lowest BCUT2D eigenvalue weighted by atomic mass is 9.57. The van der Waals surface area contributed by atoms with Gasteiger partial charge in [0.05, 0.1) is 0 Å². The Balaban J connectivity index is 3.65. The first-order valence-corrected chi connectivity index (χ1v) is 18.8. The van der Waals surface area contributed by atoms with Crippen molar-refractivity contribution in [2.75, 3.05) is 0 Å². The first kappa shape index (κ1) is 41.6. The Kier molecular flexibility index (Phi) is 10.9. The molecule has 0 fully saturated rings. The standard InChI is InChI=1S/C47H80/c1-26-30(29-27-31(40(2,3)4)34(42(8,9)10)32(28-29)41(5,6)7)33-35(43(11,12)13)37(45(17,18)19)39(47(23,24)25)38(46(20,21)22)36(33)44(14,15)16/h27-28,30H,26H2,1-25H3. The van der Waals surface area contributed by atoms with Gasteiger partial charge >= 0.3 is 0 Å². The van der Waals surface area contributed by atoms with E-state index in [2.05, 4.69) is 185 Å². The zero-order valence-electron chi connectivity index (χ0n) is 36.4. The van der Waals surface area contributed by atoms with E-state index < -0.39 is 0 Å². The van der Waals surface area contributed by atoms with Gasteiger partial charge < -0.3 is 0 Å². The molecular weight excluding hydrogens is 565 g/mol. The van der Waals surface area contributed by atoms with Crippen LogP contribution in [-0.4, -0.2) is 0 Å². The molecule has 0 heterocycles. The number of hydrogen-bond donors (Lipinski definition) is 0. The molecule has 0 amide bonds. The zero-order valence-corrected chi connectivity index (χ0v) is 36.4. The fraction of sp³-hybridized carbons (Fsp3) is 0.745. The molecule has 0 nitrogen and oxygen atoms in total. The Labute approximate surface area is 295 Å². The Morgan fingerprint density at radius 3 is 0.766 bits per heavy atom. The van der Waals surface area contributed by atoms with Crippen LogP contribution in [0, 0.1) is 0 Å². The van der Waals surface area contributed by atoms with Crippen LogP contribution in [0.15, 0.2) is 12.1 Å². The van der Waals surface area contributed by atoms with Gasteiger partial charge in [-0.15, -0.1) is 0 Å². The second-order valence-electron chi connectivity index (χ2n) is 23.2. The van der Waals surface area contributed by atoms with Gasteiger partial charge in [0.25, 0.3) is 0 Å². The molecule has 0 aromatic heterocycles. The minimum absolute atomic E-state index is 0.00136. The predicted molar refractivity (Wildman–Crippen MR) is 215 cm³/mol. The SMILES string of the molecule is CCC(c1cc(C(C)(C)C)c(C(C)(C)C)c(C(C)(C)C)c1)c1c(C(C)(C)C)c(C(C)(C)C)c(C(C)(C)C)c(C(C)(C)C)c1C(C)(C)C. The third-order valence-corrected chi connectivity index (χ3v) is 9.97. The predicted octanol–water partition coefficient (Wildman–Crippen LogP) is 14.6. The van der Waals surface area contributed by atoms with E-state index in [0.29, 0.717) is 0 Å². The van der Waals surface area contributed by atoms with Crippen LogP contribution in [0.25, 0.3) is 0 Å². The highest BCUT2D eigenvalue weighted by atomic mass is 14.5. The molecule has 2 aromatic carbocycles. The Morgan fingerprint density at radius 1 is 0.340 bits per heavy atom. The van der Waals surface area contributed by atoms with Crippen LogP contribution >= 0.6 is 0 Å². The van der Waals surface area contributed by atoms with E-state index in [-0.39, 0.29) is 49.2 Å². The molecular formula is C47H80. The monoisotopic (exact) mass is 645 g/mol. The summed E-state index contributed by atoms with van der Waals surface area (Å²) in [5.74, 6) is 0.283. The second kappa shape index (κ2) is 12.3. The lowest BCUT2D eigenvalue weighted by Crippen LogP contribution is -2.38. The van der Waals surface area contributed by atoms with Crippen LogP contribution in [-0.2, 0) is 43.3 Å². The van der Waals surface area contributed by atoms with Crippen LogP contribution in [0.1, 0.15) is 241 Å². The molecule has 0 heteroatoms. The highest BCUT2D eigenvalue weighted by Gasteiger charge is 2.44. The van der Waals surface area contributed by atoms with Crippen molar-refractivity contribution in [2.45, 2.75) is 229 Å². The number of benzene rings is 2. The summed E-state index contributed by atoms with van der Waals surface area (Å²) in [7, 11) is 0. The first-order chi connectivity index (χ1) is 20.4. The van der Waals surface area contributed by atoms with E-state index in [1.165, 1.54) is 22.3 Å². The molecule has 1 unspecified atom stereocenters. The van der Waals surface area contributed by atoms with Gasteiger partial charge in [0.1, 0.15) is 0 Å². The molecule has 268 valence electrons. The summed E-state index contributed by atoms with van der Waals surface area (Å²) in [5, 5.41) is 0. The van der Waals surface area contributed by atoms with Crippen LogP contribution in [0.2, 0.25) is 0 Å². The van der Waals surface area contributed by atoms with Crippen molar-refractivity contribution in [3.63, 3.8) is 0 Å². The average molecular weight is 645 g/mol. The maximum atomic E-state index is 2.65. The fourth-order valence-corrected chi connectivity index (χ4v) is 8.39. The van der Waals surface area contributed by atoms with E-state index in [4.69, 9.17) is 0 Å². The van der Waals surface area contributed by atoms with Crippen molar-refractivity contribution in [1.29, 1.82) is 0 Å². The third-order valence-electron chi connectivity index (χ3n) is 9.97. The van der Waals surface area contributed by atoms with E-state index in [9.17, 15) is 0 Å². The Bertz CT molecular complexity index is 1340. The summed E-state index contributed by atoms with van der Waals surface area (Å²) in [6, 6.07) is 5.29. The molecule has 0 radical (unpaired) electrons. The summed E-state index contributed by atoms with van der Waals surface area (Å²) in [6.07, 6.45) is 1.07. The van der Waals surface area contributed by atoms with Crippen molar-refractivity contribution in [2.24, 2.45) is 0 Å². The summed E-state index contributed by atoms with van der Waals surface area (Å²) < 4.78 is 0. The average Bonchev–Trinajstić information content (AvgIpc) is 2.77. The Morgan fingerprint density at radius 2 is 0.574 bits per heavy atom. The molecule has 0 aliphatic carbocycles. The molecule has 0 N–H and O–H groups in total. The summed E-state index contributed by atoms with van der Waals surface area (Å²) in [6.45, 7) is 61.3. The van der Waals surface area contributed by atoms with E-state index in [1.54, 1.807) is 33.4 Å². The molecule has 0 saturated heterocycles. The van der Waals surface area contributed by atoms with Crippen LogP contribution in [0.5, 0.6) is 0 Å². The van der Waals surface area contributed by atoms with Gasteiger partial charge in [-0.1, -0.05) is 185 Å². The van der Waals surface area contributed by atoms with Gasteiger partial charge in [0, 0.05) is 5.92 Å². The maximum Gasteiger partial charge on any atom is 0.00930 e. The van der Waals surface area contributed by atoms with Crippen molar-refractivity contribution in [1.82, 2.24) is 0 Å². The highest BCUT2D eigenvalue weighted by Crippen LogP contribution is 2.55. The van der Waals surface area contributed by atoms with Crippen LogP contribution < -0.4 is 0 Å². The fourth-order valence-electron chi connectivity index (χ4n) is 8.39. The topological polar surface area (TPSA) is 0 Å². The first-order valence-electron chi connectivity index (χ1n) is 18.8. The lowest BCUT2D eigenvalue weighted by molar-refractivity contribution is 0.450. The van der Waals surface area contributed by atoms with Crippen molar-refractivity contribution >= 4 is 0 Å². The largest absolute Gasteiger partial charge is 0.0645 e. The minimum Gasteiger partial charge on any atom is -0.0645 e. The summed E-state index contributed by atoms with van der Waals surface area (Å²) in [4.78, 5) is 0. The molecule has 47 heavy (non-hydrogen) atoms. The zero-order chi connectivity index (χ0) is 37.5. The lowest BCUT2D eigenvalue weighted by Gasteiger charge is -2.47. The van der Waals surface area contributed by atoms with E-state index >= 15 is 0 Å².